The molecule has 0 aliphatic rings. The van der Waals surface area contributed by atoms with Gasteiger partial charge in [0.25, 0.3) is 5.91 Å². The fourth-order valence-corrected chi connectivity index (χ4v) is 4.21. The molecule has 0 fully saturated rings. The Morgan fingerprint density at radius 1 is 1.23 bits per heavy atom. The molecule has 1 atom stereocenters. The van der Waals surface area contributed by atoms with E-state index in [2.05, 4.69) is 17.2 Å². The Morgan fingerprint density at radius 2 is 1.90 bits per heavy atom. The predicted molar refractivity (Wildman–Crippen MR) is 122 cm³/mol. The molecular formula is C22H27N3O5S. The largest absolute Gasteiger partial charge is 0.495 e. The number of sulfonamides is 1. The fourth-order valence-electron chi connectivity index (χ4n) is 3.04. The van der Waals surface area contributed by atoms with Gasteiger partial charge >= 0.3 is 0 Å². The third-order valence-electron chi connectivity index (χ3n) is 4.50. The number of nitrogens with zero attached hydrogens (tertiary/aromatic N) is 1. The normalized spacial score (nSPS) is 11.9. The molecule has 0 aliphatic heterocycles. The summed E-state index contributed by atoms with van der Waals surface area (Å²) in [6.07, 6.45) is 2.57. The first-order chi connectivity index (χ1) is 14.6. The van der Waals surface area contributed by atoms with Crippen LogP contribution in [0.3, 0.4) is 0 Å². The molecule has 2 aromatic carbocycles. The second kappa shape index (κ2) is 10.1. The molecule has 0 aliphatic carbocycles. The molecule has 8 nitrogen and oxygen atoms in total. The number of carbonyl (C=O) groups is 2. The van der Waals surface area contributed by atoms with E-state index in [1.807, 2.05) is 6.92 Å². The van der Waals surface area contributed by atoms with Crippen LogP contribution in [0.25, 0.3) is 0 Å². The van der Waals surface area contributed by atoms with E-state index in [9.17, 15) is 18.0 Å². The van der Waals surface area contributed by atoms with Crippen molar-refractivity contribution in [3.05, 3.63) is 66.2 Å². The molecule has 0 bridgehead atoms. The second-order valence-electron chi connectivity index (χ2n) is 6.94. The molecule has 0 spiro atoms. The lowest BCUT2D eigenvalue weighted by atomic mass is 10.1. The molecule has 2 amide bonds. The number of rotatable bonds is 9. The lowest BCUT2D eigenvalue weighted by molar-refractivity contribution is -0.116. The molecule has 0 heterocycles. The predicted octanol–water partition coefficient (Wildman–Crippen LogP) is 2.71. The third-order valence-corrected chi connectivity index (χ3v) is 5.72. The van der Waals surface area contributed by atoms with E-state index in [4.69, 9.17) is 4.74 Å². The van der Waals surface area contributed by atoms with Crippen LogP contribution in [0.4, 0.5) is 11.4 Å². The number of para-hydroxylation sites is 1. The monoisotopic (exact) mass is 445 g/mol. The summed E-state index contributed by atoms with van der Waals surface area (Å²) in [7, 11) is -2.41. The zero-order valence-electron chi connectivity index (χ0n) is 18.0. The summed E-state index contributed by atoms with van der Waals surface area (Å²) in [5.41, 5.74) is 1.58. The van der Waals surface area contributed by atoms with Gasteiger partial charge in [0.15, 0.2) is 0 Å². The quantitative estimate of drug-likeness (QED) is 0.578. The van der Waals surface area contributed by atoms with E-state index < -0.39 is 22.0 Å². The smallest absolute Gasteiger partial charge is 0.253 e. The van der Waals surface area contributed by atoms with Crippen LogP contribution in [0.1, 0.15) is 22.8 Å². The molecule has 0 radical (unpaired) electrons. The number of methoxy groups -OCH3 is 1. The summed E-state index contributed by atoms with van der Waals surface area (Å²) in [5.74, 6) is -0.665. The topological polar surface area (TPSA) is 105 Å². The molecule has 0 saturated heterocycles. The summed E-state index contributed by atoms with van der Waals surface area (Å²) < 4.78 is 31.6. The van der Waals surface area contributed by atoms with E-state index in [0.717, 1.165) is 16.1 Å². The van der Waals surface area contributed by atoms with Crippen molar-refractivity contribution in [2.75, 3.05) is 29.5 Å². The van der Waals surface area contributed by atoms with Crippen LogP contribution in [0.2, 0.25) is 0 Å². The van der Waals surface area contributed by atoms with Crippen molar-refractivity contribution in [1.82, 2.24) is 5.32 Å². The molecule has 166 valence electrons. The highest BCUT2D eigenvalue weighted by Gasteiger charge is 2.32. The van der Waals surface area contributed by atoms with Gasteiger partial charge in [0.1, 0.15) is 11.8 Å². The Kier molecular flexibility index (Phi) is 7.82. The number of hydrogen-bond acceptors (Lipinski definition) is 5. The number of anilines is 2. The zero-order valence-corrected chi connectivity index (χ0v) is 18.8. The van der Waals surface area contributed by atoms with Crippen molar-refractivity contribution in [2.45, 2.75) is 19.9 Å². The lowest BCUT2D eigenvalue weighted by Gasteiger charge is -2.29. The van der Waals surface area contributed by atoms with Gasteiger partial charge in [0.05, 0.1) is 30.3 Å². The summed E-state index contributed by atoms with van der Waals surface area (Å²) in [4.78, 5) is 25.4. The maximum atomic E-state index is 13.0. The summed E-state index contributed by atoms with van der Waals surface area (Å²) in [6, 6.07) is 10.4. The summed E-state index contributed by atoms with van der Waals surface area (Å²) in [5, 5.41) is 5.32. The van der Waals surface area contributed by atoms with Crippen molar-refractivity contribution < 1.29 is 22.7 Å². The first kappa shape index (κ1) is 23.9. The van der Waals surface area contributed by atoms with Gasteiger partial charge in [0.2, 0.25) is 15.9 Å². The standard InChI is InChI=1S/C22H27N3O5S/c1-6-13-23-22(27)17-9-7-8-10-18(17)24-21(26)16(3)25(31(5,28)29)19-14-15(2)11-12-20(19)30-4/h6-12,14,16H,1,13H2,2-5H3,(H,23,27)(H,24,26). The van der Waals surface area contributed by atoms with Crippen LogP contribution in [-0.2, 0) is 14.8 Å². The van der Waals surface area contributed by atoms with E-state index in [0.29, 0.717) is 5.75 Å². The zero-order chi connectivity index (χ0) is 23.2. The number of benzene rings is 2. The highest BCUT2D eigenvalue weighted by atomic mass is 32.2. The average molecular weight is 446 g/mol. The molecule has 0 saturated carbocycles. The van der Waals surface area contributed by atoms with Crippen molar-refractivity contribution in [1.29, 1.82) is 0 Å². The Bertz CT molecular complexity index is 1080. The van der Waals surface area contributed by atoms with E-state index >= 15 is 0 Å². The minimum absolute atomic E-state index is 0.254. The highest BCUT2D eigenvalue weighted by Crippen LogP contribution is 2.33. The molecule has 1 unspecified atom stereocenters. The van der Waals surface area contributed by atoms with E-state index in [-0.39, 0.29) is 29.4 Å². The summed E-state index contributed by atoms with van der Waals surface area (Å²) >= 11 is 0. The van der Waals surface area contributed by atoms with Gasteiger partial charge in [-0.25, -0.2) is 8.42 Å². The lowest BCUT2D eigenvalue weighted by Crippen LogP contribution is -2.45. The van der Waals surface area contributed by atoms with Crippen LogP contribution >= 0.6 is 0 Å². The van der Waals surface area contributed by atoms with Gasteiger partial charge in [-0.3, -0.25) is 13.9 Å². The first-order valence-corrected chi connectivity index (χ1v) is 11.4. The van der Waals surface area contributed by atoms with Gasteiger partial charge in [0, 0.05) is 6.54 Å². The van der Waals surface area contributed by atoms with Gasteiger partial charge in [-0.1, -0.05) is 24.3 Å². The Balaban J connectivity index is 2.40. The number of nitrogens with one attached hydrogen (secondary N) is 2. The van der Waals surface area contributed by atoms with Gasteiger partial charge in [-0.05, 0) is 43.7 Å². The molecule has 9 heteroatoms. The Morgan fingerprint density at radius 3 is 2.52 bits per heavy atom. The molecular weight excluding hydrogens is 418 g/mol. The Labute approximate surface area is 183 Å². The number of aryl methyl sites for hydroxylation is 1. The van der Waals surface area contributed by atoms with Crippen LogP contribution in [-0.4, -0.2) is 46.2 Å². The van der Waals surface area contributed by atoms with Crippen molar-refractivity contribution in [2.24, 2.45) is 0 Å². The van der Waals surface area contributed by atoms with Crippen LogP contribution < -0.4 is 19.7 Å². The summed E-state index contributed by atoms with van der Waals surface area (Å²) in [6.45, 7) is 7.11. The maximum absolute atomic E-state index is 13.0. The van der Waals surface area contributed by atoms with Gasteiger partial charge in [-0.15, -0.1) is 6.58 Å². The van der Waals surface area contributed by atoms with Crippen molar-refractivity contribution in [3.63, 3.8) is 0 Å². The van der Waals surface area contributed by atoms with Crippen LogP contribution in [0, 0.1) is 6.92 Å². The number of ether oxygens (including phenoxy) is 1. The van der Waals surface area contributed by atoms with Gasteiger partial charge < -0.3 is 15.4 Å². The highest BCUT2D eigenvalue weighted by molar-refractivity contribution is 7.92. The molecule has 0 aromatic heterocycles. The second-order valence-corrected chi connectivity index (χ2v) is 8.80. The van der Waals surface area contributed by atoms with Crippen LogP contribution in [0.15, 0.2) is 55.1 Å². The maximum Gasteiger partial charge on any atom is 0.253 e. The Hall–Kier alpha value is -3.33. The number of hydrogen-bond donors (Lipinski definition) is 2. The van der Waals surface area contributed by atoms with Gasteiger partial charge in [-0.2, -0.15) is 0 Å². The minimum Gasteiger partial charge on any atom is -0.495 e. The van der Waals surface area contributed by atoms with Crippen molar-refractivity contribution in [3.8, 4) is 5.75 Å². The fraction of sp³-hybridized carbons (Fsp3) is 0.273. The minimum atomic E-state index is -3.84. The third kappa shape index (κ3) is 5.85. The van der Waals surface area contributed by atoms with E-state index in [1.54, 1.807) is 48.5 Å². The molecule has 2 rings (SSSR count). The van der Waals surface area contributed by atoms with E-state index in [1.165, 1.54) is 14.0 Å². The van der Waals surface area contributed by atoms with Crippen LogP contribution in [0.5, 0.6) is 5.75 Å². The number of amides is 2. The molecule has 2 N–H and O–H groups in total. The first-order valence-electron chi connectivity index (χ1n) is 9.53. The average Bonchev–Trinajstić information content (AvgIpc) is 2.71. The number of carbonyl (C=O) groups excluding carboxylic acids is 2. The van der Waals surface area contributed by atoms with Crippen molar-refractivity contribution >= 4 is 33.2 Å². The SMILES string of the molecule is C=CCNC(=O)c1ccccc1NC(=O)C(C)N(c1cc(C)ccc1OC)S(C)(=O)=O. The molecule has 31 heavy (non-hydrogen) atoms. The molecule has 2 aromatic rings.